The van der Waals surface area contributed by atoms with Crippen LogP contribution in [0.3, 0.4) is 0 Å². The van der Waals surface area contributed by atoms with Crippen LogP contribution in [0.1, 0.15) is 27.5 Å². The van der Waals surface area contributed by atoms with E-state index >= 15 is 0 Å². The molecular formula is C12H17N3OS. The molecule has 4 nitrogen and oxygen atoms in total. The highest BCUT2D eigenvalue weighted by molar-refractivity contribution is 7.13. The third kappa shape index (κ3) is 2.35. The van der Waals surface area contributed by atoms with Gasteiger partial charge in [-0.3, -0.25) is 4.79 Å². The Morgan fingerprint density at radius 1 is 1.59 bits per heavy atom. The van der Waals surface area contributed by atoms with Gasteiger partial charge in [-0.1, -0.05) is 0 Å². The van der Waals surface area contributed by atoms with Crippen molar-refractivity contribution < 1.29 is 4.79 Å². The van der Waals surface area contributed by atoms with Crippen LogP contribution in [0.5, 0.6) is 0 Å². The molecule has 2 bridgehead atoms. The highest BCUT2D eigenvalue weighted by Gasteiger charge is 2.33. The number of fused-ring (bicyclic) bond motifs is 2. The van der Waals surface area contributed by atoms with Gasteiger partial charge in [0.15, 0.2) is 5.01 Å². The van der Waals surface area contributed by atoms with Crippen molar-refractivity contribution in [2.75, 3.05) is 19.6 Å². The molecule has 1 aromatic rings. The lowest BCUT2D eigenvalue weighted by Crippen LogP contribution is -2.46. The summed E-state index contributed by atoms with van der Waals surface area (Å²) in [7, 11) is 0. The zero-order valence-electron chi connectivity index (χ0n) is 9.98. The summed E-state index contributed by atoms with van der Waals surface area (Å²) < 4.78 is 0. The Kier molecular flexibility index (Phi) is 2.88. The SMILES string of the molecule is Cc1cnc(C(=O)N[C@@H]2C[C@@H]3CCN(C3)C2)s1. The maximum Gasteiger partial charge on any atom is 0.280 e. The predicted molar refractivity (Wildman–Crippen MR) is 67.3 cm³/mol. The first-order chi connectivity index (χ1) is 8.20. The Morgan fingerprint density at radius 3 is 3.18 bits per heavy atom. The second-order valence-corrected chi connectivity index (χ2v) is 6.33. The van der Waals surface area contributed by atoms with Gasteiger partial charge in [-0.05, 0) is 32.2 Å². The van der Waals surface area contributed by atoms with Crippen LogP contribution in [0, 0.1) is 12.8 Å². The van der Waals surface area contributed by atoms with E-state index in [1.165, 1.54) is 30.8 Å². The second kappa shape index (κ2) is 4.38. The van der Waals surface area contributed by atoms with Gasteiger partial charge in [-0.2, -0.15) is 0 Å². The highest BCUT2D eigenvalue weighted by atomic mass is 32.1. The van der Waals surface area contributed by atoms with Crippen molar-refractivity contribution in [3.8, 4) is 0 Å². The number of aromatic nitrogens is 1. The normalized spacial score (nSPS) is 31.5. The van der Waals surface area contributed by atoms with Crippen LogP contribution in [0.15, 0.2) is 6.20 Å². The van der Waals surface area contributed by atoms with Crippen LogP contribution in [0.25, 0.3) is 0 Å². The number of nitrogens with one attached hydrogen (secondary N) is 1. The Balaban J connectivity index is 1.62. The van der Waals surface area contributed by atoms with E-state index < -0.39 is 0 Å². The molecule has 3 atom stereocenters. The molecule has 0 radical (unpaired) electrons. The number of nitrogens with zero attached hydrogens (tertiary/aromatic N) is 2. The quantitative estimate of drug-likeness (QED) is 0.861. The fraction of sp³-hybridized carbons (Fsp3) is 0.667. The van der Waals surface area contributed by atoms with Gasteiger partial charge in [0.25, 0.3) is 5.91 Å². The fourth-order valence-corrected chi connectivity index (χ4v) is 3.54. The van der Waals surface area contributed by atoms with Crippen molar-refractivity contribution in [1.82, 2.24) is 15.2 Å². The molecule has 2 saturated heterocycles. The van der Waals surface area contributed by atoms with E-state index in [-0.39, 0.29) is 5.91 Å². The zero-order valence-corrected chi connectivity index (χ0v) is 10.8. The standard InChI is InChI=1S/C12H17N3OS/c1-8-5-13-12(17-8)11(16)14-10-4-9-2-3-15(6-9)7-10/h5,9-10H,2-4,6-7H2,1H3,(H,14,16)/t9-,10+/m0/s1. The molecule has 1 unspecified atom stereocenters. The Bertz CT molecular complexity index is 419. The summed E-state index contributed by atoms with van der Waals surface area (Å²) in [5, 5.41) is 3.71. The molecule has 2 aliphatic heterocycles. The van der Waals surface area contributed by atoms with Crippen molar-refractivity contribution in [3.63, 3.8) is 0 Å². The summed E-state index contributed by atoms with van der Waals surface area (Å²) in [6, 6.07) is 0.313. The van der Waals surface area contributed by atoms with Crippen LogP contribution in [-0.2, 0) is 0 Å². The number of thiazole rings is 1. The van der Waals surface area contributed by atoms with Gasteiger partial charge in [0.1, 0.15) is 0 Å². The molecule has 1 N–H and O–H groups in total. The summed E-state index contributed by atoms with van der Waals surface area (Å²) in [6.07, 6.45) is 4.18. The van der Waals surface area contributed by atoms with Gasteiger partial charge in [-0.15, -0.1) is 11.3 Å². The molecule has 92 valence electrons. The lowest BCUT2D eigenvalue weighted by molar-refractivity contribution is 0.0909. The van der Waals surface area contributed by atoms with Gasteiger partial charge in [0.2, 0.25) is 0 Å². The zero-order chi connectivity index (χ0) is 11.8. The van der Waals surface area contributed by atoms with Crippen LogP contribution < -0.4 is 5.32 Å². The predicted octanol–water partition coefficient (Wildman–Crippen LogP) is 1.28. The first-order valence-electron chi connectivity index (χ1n) is 6.16. The summed E-state index contributed by atoms with van der Waals surface area (Å²) in [5.41, 5.74) is 0. The van der Waals surface area contributed by atoms with E-state index in [9.17, 15) is 4.79 Å². The molecule has 0 spiro atoms. The number of carbonyl (C=O) groups excluding carboxylic acids is 1. The minimum atomic E-state index is -0.00407. The minimum Gasteiger partial charge on any atom is -0.346 e. The van der Waals surface area contributed by atoms with Crippen molar-refractivity contribution >= 4 is 17.2 Å². The molecule has 1 amide bonds. The average Bonchev–Trinajstić information content (AvgIpc) is 2.85. The Morgan fingerprint density at radius 2 is 2.47 bits per heavy atom. The third-order valence-electron chi connectivity index (χ3n) is 3.62. The van der Waals surface area contributed by atoms with Crippen molar-refractivity contribution in [3.05, 3.63) is 16.1 Å². The molecular weight excluding hydrogens is 234 g/mol. The monoisotopic (exact) mass is 251 g/mol. The van der Waals surface area contributed by atoms with Crippen molar-refractivity contribution in [2.24, 2.45) is 5.92 Å². The van der Waals surface area contributed by atoms with E-state index in [1.54, 1.807) is 6.20 Å². The first-order valence-corrected chi connectivity index (χ1v) is 6.98. The molecule has 17 heavy (non-hydrogen) atoms. The summed E-state index contributed by atoms with van der Waals surface area (Å²) in [4.78, 5) is 19.6. The lowest BCUT2D eigenvalue weighted by atomic mass is 9.97. The topological polar surface area (TPSA) is 45.2 Å². The number of piperidine rings is 1. The number of hydrogen-bond acceptors (Lipinski definition) is 4. The van der Waals surface area contributed by atoms with Gasteiger partial charge in [0, 0.05) is 30.2 Å². The molecule has 0 aliphatic carbocycles. The molecule has 2 aliphatic rings. The summed E-state index contributed by atoms with van der Waals surface area (Å²) in [5.74, 6) is 0.780. The number of rotatable bonds is 2. The Hall–Kier alpha value is -0.940. The number of aryl methyl sites for hydroxylation is 1. The number of hydrogen-bond donors (Lipinski definition) is 1. The lowest BCUT2D eigenvalue weighted by Gasteiger charge is -2.30. The molecule has 0 aromatic carbocycles. The van der Waals surface area contributed by atoms with Gasteiger partial charge in [0.05, 0.1) is 0 Å². The third-order valence-corrected chi connectivity index (χ3v) is 4.53. The van der Waals surface area contributed by atoms with Gasteiger partial charge >= 0.3 is 0 Å². The molecule has 0 saturated carbocycles. The molecule has 2 fully saturated rings. The van der Waals surface area contributed by atoms with Crippen molar-refractivity contribution in [1.29, 1.82) is 0 Å². The molecule has 3 heterocycles. The van der Waals surface area contributed by atoms with E-state index in [2.05, 4.69) is 15.2 Å². The first kappa shape index (κ1) is 11.2. The highest BCUT2D eigenvalue weighted by Crippen LogP contribution is 2.26. The molecule has 3 rings (SSSR count). The number of carbonyl (C=O) groups is 1. The minimum absolute atomic E-state index is 0.00407. The fourth-order valence-electron chi connectivity index (χ4n) is 2.87. The van der Waals surface area contributed by atoms with Crippen LogP contribution >= 0.6 is 11.3 Å². The van der Waals surface area contributed by atoms with E-state index in [4.69, 9.17) is 0 Å². The molecule has 1 aromatic heterocycles. The maximum atomic E-state index is 12.0. The van der Waals surface area contributed by atoms with E-state index in [1.807, 2.05) is 6.92 Å². The Labute approximate surface area is 105 Å². The number of amides is 1. The maximum absolute atomic E-state index is 12.0. The summed E-state index contributed by atoms with van der Waals surface area (Å²) in [6.45, 7) is 5.41. The largest absolute Gasteiger partial charge is 0.346 e. The van der Waals surface area contributed by atoms with Crippen LogP contribution in [-0.4, -0.2) is 41.5 Å². The average molecular weight is 251 g/mol. The van der Waals surface area contributed by atoms with Crippen LogP contribution in [0.2, 0.25) is 0 Å². The summed E-state index contributed by atoms with van der Waals surface area (Å²) >= 11 is 1.46. The van der Waals surface area contributed by atoms with E-state index in [0.29, 0.717) is 11.0 Å². The van der Waals surface area contributed by atoms with Crippen molar-refractivity contribution in [2.45, 2.75) is 25.8 Å². The van der Waals surface area contributed by atoms with E-state index in [0.717, 1.165) is 23.8 Å². The molecule has 5 heteroatoms. The van der Waals surface area contributed by atoms with Gasteiger partial charge in [-0.25, -0.2) is 4.98 Å². The smallest absolute Gasteiger partial charge is 0.280 e. The van der Waals surface area contributed by atoms with Crippen LogP contribution in [0.4, 0.5) is 0 Å². The van der Waals surface area contributed by atoms with Gasteiger partial charge < -0.3 is 10.2 Å². The second-order valence-electron chi connectivity index (χ2n) is 5.10.